The predicted molar refractivity (Wildman–Crippen MR) is 94.4 cm³/mol. The van der Waals surface area contributed by atoms with E-state index in [0.29, 0.717) is 0 Å². The molecule has 1 aromatic carbocycles. The van der Waals surface area contributed by atoms with Crippen molar-refractivity contribution < 1.29 is 4.74 Å². The van der Waals surface area contributed by atoms with Crippen molar-refractivity contribution in [3.05, 3.63) is 42.7 Å². The molecule has 2 aromatic heterocycles. The fourth-order valence-corrected chi connectivity index (χ4v) is 3.28. The third kappa shape index (κ3) is 2.69. The summed E-state index contributed by atoms with van der Waals surface area (Å²) in [6.45, 7) is 1.83. The Morgan fingerprint density at radius 2 is 2.21 bits per heavy atom. The molecule has 124 valence electrons. The average Bonchev–Trinajstić information content (AvgIpc) is 3.06. The topological polar surface area (TPSA) is 68.7 Å². The molecule has 1 unspecified atom stereocenters. The number of ether oxygens (including phenoxy) is 1. The van der Waals surface area contributed by atoms with Gasteiger partial charge >= 0.3 is 0 Å². The van der Waals surface area contributed by atoms with Crippen LogP contribution in [0.1, 0.15) is 12.8 Å². The first-order chi connectivity index (χ1) is 11.7. The molecular weight excluding hydrogens is 302 g/mol. The van der Waals surface area contributed by atoms with Gasteiger partial charge in [-0.15, -0.1) is 0 Å². The van der Waals surface area contributed by atoms with E-state index < -0.39 is 0 Å². The number of benzene rings is 1. The number of hydrogen-bond donors (Lipinski definition) is 1. The van der Waals surface area contributed by atoms with Gasteiger partial charge < -0.3 is 15.4 Å². The van der Waals surface area contributed by atoms with E-state index in [1.165, 1.54) is 0 Å². The summed E-state index contributed by atoms with van der Waals surface area (Å²) in [7, 11) is 1.67. The lowest BCUT2D eigenvalue weighted by atomic mass is 10.1. The van der Waals surface area contributed by atoms with Crippen molar-refractivity contribution in [2.24, 2.45) is 5.73 Å². The molecule has 24 heavy (non-hydrogen) atoms. The van der Waals surface area contributed by atoms with Crippen LogP contribution in [0.5, 0.6) is 5.75 Å². The van der Waals surface area contributed by atoms with Crippen LogP contribution in [0.25, 0.3) is 16.8 Å². The van der Waals surface area contributed by atoms with Crippen LogP contribution in [0.2, 0.25) is 0 Å². The second-order valence-corrected chi connectivity index (χ2v) is 6.19. The van der Waals surface area contributed by atoms with E-state index >= 15 is 0 Å². The molecule has 3 heterocycles. The predicted octanol–water partition coefficient (Wildman–Crippen LogP) is 2.33. The highest BCUT2D eigenvalue weighted by molar-refractivity contribution is 5.75. The van der Waals surface area contributed by atoms with Gasteiger partial charge in [-0.1, -0.05) is 12.1 Å². The molecule has 1 saturated heterocycles. The molecule has 0 radical (unpaired) electrons. The molecule has 0 saturated carbocycles. The number of hydrogen-bond acceptors (Lipinski definition) is 5. The molecule has 1 atom stereocenters. The van der Waals surface area contributed by atoms with Crippen LogP contribution in [0, 0.1) is 0 Å². The third-order valence-corrected chi connectivity index (χ3v) is 4.49. The highest BCUT2D eigenvalue weighted by Crippen LogP contribution is 2.28. The number of rotatable bonds is 3. The summed E-state index contributed by atoms with van der Waals surface area (Å²) < 4.78 is 7.20. The van der Waals surface area contributed by atoms with Gasteiger partial charge in [-0.2, -0.15) is 5.10 Å². The van der Waals surface area contributed by atoms with Crippen LogP contribution in [0.3, 0.4) is 0 Å². The van der Waals surface area contributed by atoms with Crippen molar-refractivity contribution in [2.75, 3.05) is 25.1 Å². The fourth-order valence-electron chi connectivity index (χ4n) is 3.28. The Kier molecular flexibility index (Phi) is 3.82. The maximum absolute atomic E-state index is 6.13. The Morgan fingerprint density at radius 3 is 3.04 bits per heavy atom. The van der Waals surface area contributed by atoms with Crippen LogP contribution in [-0.4, -0.2) is 40.8 Å². The first-order valence-corrected chi connectivity index (χ1v) is 8.24. The van der Waals surface area contributed by atoms with Gasteiger partial charge in [0.25, 0.3) is 0 Å². The first kappa shape index (κ1) is 15.0. The Balaban J connectivity index is 1.76. The third-order valence-electron chi connectivity index (χ3n) is 4.49. The van der Waals surface area contributed by atoms with Gasteiger partial charge in [0, 0.05) is 37.1 Å². The average molecular weight is 323 g/mol. The molecule has 1 aliphatic rings. The number of anilines is 1. The van der Waals surface area contributed by atoms with Gasteiger partial charge in [0.2, 0.25) is 0 Å². The maximum atomic E-state index is 6.13. The van der Waals surface area contributed by atoms with E-state index in [-0.39, 0.29) is 6.04 Å². The van der Waals surface area contributed by atoms with Crippen LogP contribution in [0.4, 0.5) is 5.82 Å². The van der Waals surface area contributed by atoms with Gasteiger partial charge in [-0.3, -0.25) is 0 Å². The molecule has 1 fully saturated rings. The van der Waals surface area contributed by atoms with E-state index in [1.807, 2.05) is 35.0 Å². The molecule has 3 aromatic rings. The standard InChI is InChI=1S/C18H21N5O/c1-24-15-6-2-4-13(10-15)16-11-17-18(20-7-9-23(17)21-16)22-8-3-5-14(19)12-22/h2,4,6-7,9-11,14H,3,5,8,12,19H2,1H3. The Bertz CT molecular complexity index is 859. The number of nitrogens with two attached hydrogens (primary N) is 1. The molecular formula is C18H21N5O. The molecule has 2 N–H and O–H groups in total. The van der Waals surface area contributed by atoms with Crippen molar-refractivity contribution in [3.63, 3.8) is 0 Å². The summed E-state index contributed by atoms with van der Waals surface area (Å²) in [5.41, 5.74) is 9.07. The second-order valence-electron chi connectivity index (χ2n) is 6.19. The summed E-state index contributed by atoms with van der Waals surface area (Å²) in [6.07, 6.45) is 5.85. The number of piperidine rings is 1. The molecule has 0 amide bonds. The number of aromatic nitrogens is 3. The lowest BCUT2D eigenvalue weighted by molar-refractivity contribution is 0.415. The maximum Gasteiger partial charge on any atom is 0.154 e. The molecule has 0 aliphatic carbocycles. The molecule has 6 nitrogen and oxygen atoms in total. The van der Waals surface area contributed by atoms with Crippen molar-refractivity contribution >= 4 is 11.3 Å². The van der Waals surface area contributed by atoms with Crippen LogP contribution < -0.4 is 15.4 Å². The quantitative estimate of drug-likeness (QED) is 0.801. The summed E-state index contributed by atoms with van der Waals surface area (Å²) in [4.78, 5) is 6.85. The van der Waals surface area contributed by atoms with Gasteiger partial charge in [0.1, 0.15) is 11.3 Å². The molecule has 0 bridgehead atoms. The number of methoxy groups -OCH3 is 1. The Labute approximate surface area is 140 Å². The van der Waals surface area contributed by atoms with Crippen molar-refractivity contribution in [1.29, 1.82) is 0 Å². The van der Waals surface area contributed by atoms with E-state index in [1.54, 1.807) is 13.3 Å². The zero-order valence-electron chi connectivity index (χ0n) is 13.7. The number of fused-ring (bicyclic) bond motifs is 1. The lowest BCUT2D eigenvalue weighted by Gasteiger charge is -2.31. The van der Waals surface area contributed by atoms with E-state index in [9.17, 15) is 0 Å². The lowest BCUT2D eigenvalue weighted by Crippen LogP contribution is -2.43. The molecule has 4 rings (SSSR count). The highest BCUT2D eigenvalue weighted by atomic mass is 16.5. The number of nitrogens with zero attached hydrogens (tertiary/aromatic N) is 4. The zero-order valence-corrected chi connectivity index (χ0v) is 13.7. The highest BCUT2D eigenvalue weighted by Gasteiger charge is 2.20. The summed E-state index contributed by atoms with van der Waals surface area (Å²) >= 11 is 0. The van der Waals surface area contributed by atoms with E-state index in [0.717, 1.165) is 54.3 Å². The second kappa shape index (κ2) is 6.13. The van der Waals surface area contributed by atoms with Crippen molar-refractivity contribution in [1.82, 2.24) is 14.6 Å². The van der Waals surface area contributed by atoms with E-state index in [4.69, 9.17) is 15.6 Å². The minimum absolute atomic E-state index is 0.210. The molecule has 6 heteroatoms. The van der Waals surface area contributed by atoms with E-state index in [2.05, 4.69) is 16.0 Å². The monoisotopic (exact) mass is 323 g/mol. The normalized spacial score (nSPS) is 18.1. The SMILES string of the molecule is COc1cccc(-c2cc3c(N4CCCC(N)C4)nccn3n2)c1. The van der Waals surface area contributed by atoms with Crippen LogP contribution in [-0.2, 0) is 0 Å². The minimum Gasteiger partial charge on any atom is -0.497 e. The first-order valence-electron chi connectivity index (χ1n) is 8.24. The summed E-state index contributed by atoms with van der Waals surface area (Å²) in [5, 5.41) is 4.70. The van der Waals surface area contributed by atoms with Gasteiger partial charge in [0.05, 0.1) is 12.8 Å². The van der Waals surface area contributed by atoms with Gasteiger partial charge in [0.15, 0.2) is 5.82 Å². The molecule has 1 aliphatic heterocycles. The van der Waals surface area contributed by atoms with Gasteiger partial charge in [-0.25, -0.2) is 9.50 Å². The smallest absolute Gasteiger partial charge is 0.154 e. The van der Waals surface area contributed by atoms with Crippen molar-refractivity contribution in [3.8, 4) is 17.0 Å². The minimum atomic E-state index is 0.210. The van der Waals surface area contributed by atoms with Crippen molar-refractivity contribution in [2.45, 2.75) is 18.9 Å². The Hall–Kier alpha value is -2.60. The fraction of sp³-hybridized carbons (Fsp3) is 0.333. The summed E-state index contributed by atoms with van der Waals surface area (Å²) in [6, 6.07) is 10.2. The van der Waals surface area contributed by atoms with Gasteiger partial charge in [-0.05, 0) is 31.0 Å². The molecule has 0 spiro atoms. The summed E-state index contributed by atoms with van der Waals surface area (Å²) in [5.74, 6) is 1.78. The Morgan fingerprint density at radius 1 is 1.29 bits per heavy atom. The van der Waals surface area contributed by atoms with Crippen LogP contribution in [0.15, 0.2) is 42.7 Å². The zero-order chi connectivity index (χ0) is 16.5. The largest absolute Gasteiger partial charge is 0.497 e. The van der Waals surface area contributed by atoms with Crippen LogP contribution >= 0.6 is 0 Å².